The van der Waals surface area contributed by atoms with Gasteiger partial charge in [0.05, 0.1) is 19.0 Å². The highest BCUT2D eigenvalue weighted by Gasteiger charge is 2.06. The molecule has 1 aliphatic heterocycles. The van der Waals surface area contributed by atoms with E-state index in [0.29, 0.717) is 6.61 Å². The third kappa shape index (κ3) is 3.13. The third-order valence-corrected chi connectivity index (χ3v) is 3.36. The summed E-state index contributed by atoms with van der Waals surface area (Å²) in [5.74, 6) is 1.93. The highest BCUT2D eigenvalue weighted by Crippen LogP contribution is 2.25. The van der Waals surface area contributed by atoms with E-state index >= 15 is 0 Å². The van der Waals surface area contributed by atoms with Crippen molar-refractivity contribution in [1.29, 1.82) is 0 Å². The van der Waals surface area contributed by atoms with Crippen LogP contribution in [0.3, 0.4) is 0 Å². The van der Waals surface area contributed by atoms with E-state index in [1.807, 2.05) is 26.0 Å². The summed E-state index contributed by atoms with van der Waals surface area (Å²) in [4.78, 5) is 4.32. The van der Waals surface area contributed by atoms with Crippen LogP contribution in [0.25, 0.3) is 0 Å². The molecular formula is C13H17ClN2O. The molecule has 0 saturated carbocycles. The van der Waals surface area contributed by atoms with Crippen molar-refractivity contribution in [1.82, 2.24) is 5.32 Å². The van der Waals surface area contributed by atoms with E-state index < -0.39 is 0 Å². The minimum Gasteiger partial charge on any atom is -0.493 e. The van der Waals surface area contributed by atoms with Gasteiger partial charge in [0.15, 0.2) is 0 Å². The van der Waals surface area contributed by atoms with Crippen LogP contribution in [0.2, 0.25) is 5.02 Å². The van der Waals surface area contributed by atoms with Crippen molar-refractivity contribution in [2.45, 2.75) is 20.3 Å². The van der Waals surface area contributed by atoms with Crippen molar-refractivity contribution in [2.24, 2.45) is 4.99 Å². The van der Waals surface area contributed by atoms with Crippen LogP contribution < -0.4 is 10.1 Å². The van der Waals surface area contributed by atoms with Gasteiger partial charge in [-0.1, -0.05) is 11.6 Å². The molecule has 0 saturated heterocycles. The first-order chi connectivity index (χ1) is 8.16. The van der Waals surface area contributed by atoms with Crippen molar-refractivity contribution < 1.29 is 4.74 Å². The monoisotopic (exact) mass is 252 g/mol. The molecule has 0 bridgehead atoms. The van der Waals surface area contributed by atoms with E-state index in [1.54, 1.807) is 0 Å². The number of aryl methyl sites for hydroxylation is 2. The number of ether oxygens (including phenoxy) is 1. The molecule has 17 heavy (non-hydrogen) atoms. The summed E-state index contributed by atoms with van der Waals surface area (Å²) < 4.78 is 5.71. The lowest BCUT2D eigenvalue weighted by Crippen LogP contribution is -2.20. The molecule has 0 radical (unpaired) electrons. The van der Waals surface area contributed by atoms with E-state index in [1.165, 1.54) is 0 Å². The Bertz CT molecular complexity index is 420. The van der Waals surface area contributed by atoms with Crippen LogP contribution >= 0.6 is 11.6 Å². The number of aliphatic imine (C=N–C) groups is 1. The first kappa shape index (κ1) is 12.2. The molecule has 2 rings (SSSR count). The number of benzene rings is 1. The van der Waals surface area contributed by atoms with Crippen LogP contribution in [-0.2, 0) is 0 Å². The molecule has 1 N–H and O–H groups in total. The Morgan fingerprint density at radius 3 is 2.65 bits per heavy atom. The number of halogens is 1. The third-order valence-electron chi connectivity index (χ3n) is 2.76. The molecule has 4 heteroatoms. The van der Waals surface area contributed by atoms with Crippen LogP contribution in [0, 0.1) is 13.8 Å². The zero-order chi connectivity index (χ0) is 12.3. The Morgan fingerprint density at radius 1 is 1.35 bits per heavy atom. The van der Waals surface area contributed by atoms with Gasteiger partial charge in [0.1, 0.15) is 5.75 Å². The Kier molecular flexibility index (Phi) is 3.89. The fourth-order valence-corrected chi connectivity index (χ4v) is 1.98. The van der Waals surface area contributed by atoms with Crippen LogP contribution in [0.5, 0.6) is 5.75 Å². The van der Waals surface area contributed by atoms with Crippen molar-refractivity contribution in [3.8, 4) is 5.75 Å². The van der Waals surface area contributed by atoms with Gasteiger partial charge in [-0.15, -0.1) is 0 Å². The zero-order valence-electron chi connectivity index (χ0n) is 10.2. The van der Waals surface area contributed by atoms with E-state index in [4.69, 9.17) is 16.3 Å². The molecular weight excluding hydrogens is 236 g/mol. The number of rotatable bonds is 4. The van der Waals surface area contributed by atoms with Crippen LogP contribution in [0.15, 0.2) is 17.1 Å². The number of amidine groups is 1. The number of nitrogens with zero attached hydrogens (tertiary/aromatic N) is 1. The highest BCUT2D eigenvalue weighted by atomic mass is 35.5. The Hall–Kier alpha value is -1.22. The van der Waals surface area contributed by atoms with Gasteiger partial charge in [0, 0.05) is 18.0 Å². The van der Waals surface area contributed by atoms with Gasteiger partial charge in [-0.25, -0.2) is 0 Å². The number of hydrogen-bond donors (Lipinski definition) is 1. The minimum absolute atomic E-state index is 0.645. The summed E-state index contributed by atoms with van der Waals surface area (Å²) in [5.41, 5.74) is 2.11. The fourth-order valence-electron chi connectivity index (χ4n) is 1.87. The van der Waals surface area contributed by atoms with Crippen molar-refractivity contribution in [3.63, 3.8) is 0 Å². The van der Waals surface area contributed by atoms with E-state index in [0.717, 1.165) is 47.2 Å². The highest BCUT2D eigenvalue weighted by molar-refractivity contribution is 6.32. The molecule has 1 aliphatic rings. The van der Waals surface area contributed by atoms with Crippen LogP contribution in [0.4, 0.5) is 0 Å². The van der Waals surface area contributed by atoms with Gasteiger partial charge in [0.25, 0.3) is 0 Å². The maximum atomic E-state index is 6.10. The molecule has 92 valence electrons. The molecule has 1 aromatic rings. The second-order valence-electron chi connectivity index (χ2n) is 4.22. The molecule has 0 aliphatic carbocycles. The first-order valence-corrected chi connectivity index (χ1v) is 6.21. The van der Waals surface area contributed by atoms with Crippen molar-refractivity contribution in [2.75, 3.05) is 19.7 Å². The van der Waals surface area contributed by atoms with Gasteiger partial charge in [-0.3, -0.25) is 4.99 Å². The number of hydrogen-bond acceptors (Lipinski definition) is 3. The predicted octanol–water partition coefficient (Wildman–Crippen LogP) is 2.73. The molecule has 0 unspecified atom stereocenters. The summed E-state index contributed by atoms with van der Waals surface area (Å²) in [6, 6.07) is 3.94. The van der Waals surface area contributed by atoms with E-state index in [2.05, 4.69) is 10.3 Å². The van der Waals surface area contributed by atoms with Gasteiger partial charge in [-0.2, -0.15) is 0 Å². The van der Waals surface area contributed by atoms with E-state index in [-0.39, 0.29) is 0 Å². The Labute approximate surface area is 107 Å². The van der Waals surface area contributed by atoms with Gasteiger partial charge >= 0.3 is 0 Å². The summed E-state index contributed by atoms with van der Waals surface area (Å²) in [5, 5.41) is 4.04. The van der Waals surface area contributed by atoms with Gasteiger partial charge in [-0.05, 0) is 37.1 Å². The second-order valence-corrected chi connectivity index (χ2v) is 4.60. The van der Waals surface area contributed by atoms with Crippen LogP contribution in [0.1, 0.15) is 17.5 Å². The topological polar surface area (TPSA) is 33.6 Å². The lowest BCUT2D eigenvalue weighted by Gasteiger charge is -2.10. The normalized spacial score (nSPS) is 14.4. The van der Waals surface area contributed by atoms with Crippen molar-refractivity contribution in [3.05, 3.63) is 28.3 Å². The molecule has 0 aromatic heterocycles. The first-order valence-electron chi connectivity index (χ1n) is 5.83. The SMILES string of the molecule is Cc1cc(OCCC2=NCCN2)cc(C)c1Cl. The standard InChI is InChI=1S/C13H17ClN2O/c1-9-7-11(8-10(2)13(9)14)17-6-3-12-15-4-5-16-12/h7-8H,3-6H2,1-2H3,(H,15,16). The zero-order valence-corrected chi connectivity index (χ0v) is 11.0. The second kappa shape index (κ2) is 5.41. The average Bonchev–Trinajstić information content (AvgIpc) is 2.79. The lowest BCUT2D eigenvalue weighted by molar-refractivity contribution is 0.328. The summed E-state index contributed by atoms with van der Waals surface area (Å²) >= 11 is 6.10. The van der Waals surface area contributed by atoms with Crippen LogP contribution in [-0.4, -0.2) is 25.5 Å². The molecule has 1 aromatic carbocycles. The molecule has 0 spiro atoms. The average molecular weight is 253 g/mol. The summed E-state index contributed by atoms with van der Waals surface area (Å²) in [6.45, 7) is 6.46. The molecule has 0 amide bonds. The smallest absolute Gasteiger partial charge is 0.119 e. The maximum absolute atomic E-state index is 6.10. The summed E-state index contributed by atoms with van der Waals surface area (Å²) in [6.07, 6.45) is 0.834. The number of nitrogens with one attached hydrogen (secondary N) is 1. The molecule has 0 fully saturated rings. The van der Waals surface area contributed by atoms with Crippen molar-refractivity contribution >= 4 is 17.4 Å². The fraction of sp³-hybridized carbons (Fsp3) is 0.462. The molecule has 1 heterocycles. The quantitative estimate of drug-likeness (QED) is 0.894. The van der Waals surface area contributed by atoms with E-state index in [9.17, 15) is 0 Å². The molecule has 0 atom stereocenters. The molecule has 3 nitrogen and oxygen atoms in total. The van der Waals surface area contributed by atoms with Gasteiger partial charge in [0.2, 0.25) is 0 Å². The maximum Gasteiger partial charge on any atom is 0.119 e. The summed E-state index contributed by atoms with van der Waals surface area (Å²) in [7, 11) is 0. The predicted molar refractivity (Wildman–Crippen MR) is 71.3 cm³/mol. The Balaban J connectivity index is 1.90. The van der Waals surface area contributed by atoms with Gasteiger partial charge < -0.3 is 10.1 Å². The Morgan fingerprint density at radius 2 is 2.06 bits per heavy atom. The largest absolute Gasteiger partial charge is 0.493 e. The minimum atomic E-state index is 0.645. The lowest BCUT2D eigenvalue weighted by atomic mass is 10.1.